The molecule has 0 bridgehead atoms. The predicted molar refractivity (Wildman–Crippen MR) is 117 cm³/mol. The summed E-state index contributed by atoms with van der Waals surface area (Å²) in [5.41, 5.74) is 1.42. The van der Waals surface area contributed by atoms with Crippen molar-refractivity contribution in [3.05, 3.63) is 73.6 Å². The summed E-state index contributed by atoms with van der Waals surface area (Å²) < 4.78 is 27.7. The van der Waals surface area contributed by atoms with Crippen LogP contribution in [0.15, 0.2) is 52.7 Å². The van der Waals surface area contributed by atoms with Gasteiger partial charge < -0.3 is 5.32 Å². The highest BCUT2D eigenvalue weighted by Gasteiger charge is 2.29. The number of nitrogens with one attached hydrogen (secondary N) is 1. The van der Waals surface area contributed by atoms with Crippen LogP contribution in [0.3, 0.4) is 0 Å². The Balaban J connectivity index is 1.48. The Morgan fingerprint density at radius 3 is 2.79 bits per heavy atom. The second kappa shape index (κ2) is 8.39. The molecule has 0 spiro atoms. The maximum atomic E-state index is 13.1. The summed E-state index contributed by atoms with van der Waals surface area (Å²) in [5, 5.41) is 4.89. The van der Waals surface area contributed by atoms with E-state index in [1.807, 2.05) is 17.5 Å². The number of aryl methyl sites for hydroxylation is 1. The van der Waals surface area contributed by atoms with Crippen LogP contribution in [0.5, 0.6) is 0 Å². The van der Waals surface area contributed by atoms with Gasteiger partial charge in [0, 0.05) is 33.3 Å². The highest BCUT2D eigenvalue weighted by atomic mass is 32.2. The molecule has 152 valence electrons. The fourth-order valence-electron chi connectivity index (χ4n) is 3.35. The molecule has 0 atom stereocenters. The Bertz CT molecular complexity index is 1130. The molecule has 0 fully saturated rings. The van der Waals surface area contributed by atoms with Gasteiger partial charge in [-0.05, 0) is 60.2 Å². The van der Waals surface area contributed by atoms with Crippen molar-refractivity contribution in [2.75, 3.05) is 6.54 Å². The number of hydrogen-bond acceptors (Lipinski definition) is 5. The van der Waals surface area contributed by atoms with E-state index < -0.39 is 10.0 Å². The van der Waals surface area contributed by atoms with E-state index in [0.717, 1.165) is 23.3 Å². The van der Waals surface area contributed by atoms with Crippen LogP contribution < -0.4 is 5.32 Å². The number of amides is 1. The Morgan fingerprint density at radius 2 is 2.00 bits per heavy atom. The van der Waals surface area contributed by atoms with E-state index in [0.29, 0.717) is 25.2 Å². The van der Waals surface area contributed by atoms with Crippen molar-refractivity contribution in [3.8, 4) is 0 Å². The Kier molecular flexibility index (Phi) is 5.87. The first-order chi connectivity index (χ1) is 14.0. The van der Waals surface area contributed by atoms with Crippen LogP contribution in [-0.2, 0) is 36.0 Å². The number of benzene rings is 1. The highest BCUT2D eigenvalue weighted by molar-refractivity contribution is 7.89. The summed E-state index contributed by atoms with van der Waals surface area (Å²) in [6.45, 7) is 3.38. The molecule has 2 aromatic heterocycles. The minimum atomic E-state index is -3.65. The second-order valence-electron chi connectivity index (χ2n) is 6.89. The first-order valence-corrected chi connectivity index (χ1v) is 12.6. The number of carbonyl (C=O) groups excluding carboxylic acids is 1. The molecule has 8 heteroatoms. The predicted octanol–water partition coefficient (Wildman–Crippen LogP) is 4.05. The van der Waals surface area contributed by atoms with Crippen LogP contribution in [0, 0.1) is 0 Å². The van der Waals surface area contributed by atoms with E-state index in [9.17, 15) is 13.2 Å². The molecule has 0 saturated carbocycles. The van der Waals surface area contributed by atoms with E-state index in [-0.39, 0.29) is 10.8 Å². The van der Waals surface area contributed by atoms with Crippen molar-refractivity contribution in [1.29, 1.82) is 0 Å². The molecule has 1 N–H and O–H groups in total. The number of sulfonamides is 1. The van der Waals surface area contributed by atoms with Crippen molar-refractivity contribution in [1.82, 2.24) is 9.62 Å². The molecule has 1 aliphatic rings. The van der Waals surface area contributed by atoms with Gasteiger partial charge in [0.25, 0.3) is 5.91 Å². The van der Waals surface area contributed by atoms with Gasteiger partial charge in [-0.2, -0.15) is 4.31 Å². The first kappa shape index (κ1) is 20.3. The van der Waals surface area contributed by atoms with E-state index in [1.54, 1.807) is 40.9 Å². The monoisotopic (exact) mass is 446 g/mol. The fraction of sp³-hybridized carbons (Fsp3) is 0.286. The third kappa shape index (κ3) is 4.30. The van der Waals surface area contributed by atoms with Gasteiger partial charge in [0.2, 0.25) is 10.0 Å². The third-order valence-electron chi connectivity index (χ3n) is 5.00. The number of carbonyl (C=O) groups is 1. The van der Waals surface area contributed by atoms with Crippen LogP contribution in [0.4, 0.5) is 0 Å². The van der Waals surface area contributed by atoms with Gasteiger partial charge in [-0.3, -0.25) is 4.79 Å². The molecule has 4 rings (SSSR count). The fourth-order valence-corrected chi connectivity index (χ4v) is 6.60. The number of fused-ring (bicyclic) bond motifs is 1. The third-order valence-corrected chi connectivity index (χ3v) is 9.09. The van der Waals surface area contributed by atoms with Crippen molar-refractivity contribution in [2.24, 2.45) is 0 Å². The normalized spacial score (nSPS) is 14.5. The lowest BCUT2D eigenvalue weighted by atomic mass is 10.1. The number of rotatable bonds is 6. The number of nitrogens with zero attached hydrogens (tertiary/aromatic N) is 1. The summed E-state index contributed by atoms with van der Waals surface area (Å²) >= 11 is 3.35. The standard InChI is InChI=1S/C21H22N2O3S3/c1-2-17-6-7-18(28-17)13-22-21(24)15-4-3-5-19(12-15)29(25,26)23-10-8-20-16(14-23)9-11-27-20/h3-7,9,11-12H,2,8,10,13-14H2,1H3,(H,22,24). The van der Waals surface area contributed by atoms with Crippen molar-refractivity contribution in [3.63, 3.8) is 0 Å². The summed E-state index contributed by atoms with van der Waals surface area (Å²) in [5.74, 6) is -0.271. The molecular weight excluding hydrogens is 424 g/mol. The summed E-state index contributed by atoms with van der Waals surface area (Å²) in [4.78, 5) is 16.3. The van der Waals surface area contributed by atoms with Gasteiger partial charge in [-0.25, -0.2) is 8.42 Å². The molecule has 5 nitrogen and oxygen atoms in total. The van der Waals surface area contributed by atoms with Crippen LogP contribution in [0.25, 0.3) is 0 Å². The van der Waals surface area contributed by atoms with Crippen LogP contribution in [0.2, 0.25) is 0 Å². The number of hydrogen-bond donors (Lipinski definition) is 1. The van der Waals surface area contributed by atoms with Gasteiger partial charge in [0.1, 0.15) is 0 Å². The molecular formula is C21H22N2O3S3. The molecule has 0 radical (unpaired) electrons. The Hall–Kier alpha value is -2.00. The molecule has 1 amide bonds. The van der Waals surface area contributed by atoms with Crippen LogP contribution in [-0.4, -0.2) is 25.2 Å². The molecule has 3 heterocycles. The van der Waals surface area contributed by atoms with Crippen LogP contribution >= 0.6 is 22.7 Å². The van der Waals surface area contributed by atoms with Gasteiger partial charge >= 0.3 is 0 Å². The lowest BCUT2D eigenvalue weighted by molar-refractivity contribution is 0.0951. The van der Waals surface area contributed by atoms with Gasteiger partial charge in [0.05, 0.1) is 11.4 Å². The van der Waals surface area contributed by atoms with Gasteiger partial charge in [-0.1, -0.05) is 13.0 Å². The minimum Gasteiger partial charge on any atom is -0.347 e. The van der Waals surface area contributed by atoms with E-state index >= 15 is 0 Å². The van der Waals surface area contributed by atoms with E-state index in [1.165, 1.54) is 20.1 Å². The average Bonchev–Trinajstić information content (AvgIpc) is 3.40. The topological polar surface area (TPSA) is 66.5 Å². The number of thiophene rings is 2. The zero-order valence-corrected chi connectivity index (χ0v) is 18.5. The zero-order chi connectivity index (χ0) is 20.4. The largest absolute Gasteiger partial charge is 0.347 e. The average molecular weight is 447 g/mol. The zero-order valence-electron chi connectivity index (χ0n) is 16.1. The van der Waals surface area contributed by atoms with Crippen molar-refractivity contribution < 1.29 is 13.2 Å². The Morgan fingerprint density at radius 1 is 1.17 bits per heavy atom. The molecule has 3 aromatic rings. The van der Waals surface area contributed by atoms with E-state index in [2.05, 4.69) is 18.3 Å². The quantitative estimate of drug-likeness (QED) is 0.621. The second-order valence-corrected chi connectivity index (χ2v) is 11.1. The summed E-state index contributed by atoms with van der Waals surface area (Å²) in [6.07, 6.45) is 1.70. The molecule has 0 saturated heterocycles. The lowest BCUT2D eigenvalue weighted by Gasteiger charge is -2.26. The molecule has 1 aromatic carbocycles. The Labute approximate surface area is 179 Å². The van der Waals surface area contributed by atoms with E-state index in [4.69, 9.17) is 0 Å². The highest BCUT2D eigenvalue weighted by Crippen LogP contribution is 2.28. The molecule has 29 heavy (non-hydrogen) atoms. The SMILES string of the molecule is CCc1ccc(CNC(=O)c2cccc(S(=O)(=O)N3CCc4sccc4C3)c2)s1. The molecule has 0 unspecified atom stereocenters. The lowest BCUT2D eigenvalue weighted by Crippen LogP contribution is -2.35. The first-order valence-electron chi connectivity index (χ1n) is 9.48. The molecule has 0 aliphatic carbocycles. The maximum Gasteiger partial charge on any atom is 0.251 e. The summed E-state index contributed by atoms with van der Waals surface area (Å²) in [6, 6.07) is 12.4. The van der Waals surface area contributed by atoms with Gasteiger partial charge in [0.15, 0.2) is 0 Å². The van der Waals surface area contributed by atoms with Gasteiger partial charge in [-0.15, -0.1) is 22.7 Å². The maximum absolute atomic E-state index is 13.1. The van der Waals surface area contributed by atoms with Crippen molar-refractivity contribution in [2.45, 2.75) is 37.8 Å². The minimum absolute atomic E-state index is 0.160. The van der Waals surface area contributed by atoms with Crippen molar-refractivity contribution >= 4 is 38.6 Å². The molecule has 1 aliphatic heterocycles. The smallest absolute Gasteiger partial charge is 0.251 e. The van der Waals surface area contributed by atoms with Crippen LogP contribution in [0.1, 0.15) is 37.5 Å². The summed E-state index contributed by atoms with van der Waals surface area (Å²) in [7, 11) is -3.65.